The molecule has 0 bridgehead atoms. The third kappa shape index (κ3) is 5.60. The van der Waals surface area contributed by atoms with Crippen LogP contribution in [0.4, 0.5) is 0 Å². The molecule has 0 saturated carbocycles. The SMILES string of the molecule is CC(C)[C@@H](NC(=O)CCS(=O)(=O)N1CCOCC1)C(=O)O. The van der Waals surface area contributed by atoms with Crippen LogP contribution in [0, 0.1) is 5.92 Å². The topological polar surface area (TPSA) is 113 Å². The Bertz CT molecular complexity index is 470. The van der Waals surface area contributed by atoms with Crippen LogP contribution >= 0.6 is 0 Å². The third-order valence-corrected chi connectivity index (χ3v) is 5.07. The quantitative estimate of drug-likeness (QED) is 0.638. The lowest BCUT2D eigenvalue weighted by Crippen LogP contribution is -2.46. The number of morpholine rings is 1. The minimum Gasteiger partial charge on any atom is -0.480 e. The molecule has 1 rings (SSSR count). The van der Waals surface area contributed by atoms with Crippen molar-refractivity contribution in [2.24, 2.45) is 5.92 Å². The molecule has 0 spiro atoms. The standard InChI is InChI=1S/C12H22N2O6S/c1-9(2)11(12(16)17)13-10(15)3-8-21(18,19)14-4-6-20-7-5-14/h9,11H,3-8H2,1-2H3,(H,13,15)(H,16,17)/t11-/m1/s1. The van der Waals surface area contributed by atoms with Crippen molar-refractivity contribution in [1.82, 2.24) is 9.62 Å². The second-order valence-electron chi connectivity index (χ2n) is 5.20. The number of rotatable bonds is 7. The van der Waals surface area contributed by atoms with Gasteiger partial charge in [0, 0.05) is 19.5 Å². The fourth-order valence-electron chi connectivity index (χ4n) is 1.93. The van der Waals surface area contributed by atoms with Gasteiger partial charge in [0.1, 0.15) is 6.04 Å². The van der Waals surface area contributed by atoms with Gasteiger partial charge in [-0.3, -0.25) is 4.79 Å². The van der Waals surface area contributed by atoms with Crippen LogP contribution in [0.25, 0.3) is 0 Å². The number of carbonyl (C=O) groups is 2. The number of amides is 1. The lowest BCUT2D eigenvalue weighted by molar-refractivity contribution is -0.143. The van der Waals surface area contributed by atoms with Gasteiger partial charge >= 0.3 is 5.97 Å². The van der Waals surface area contributed by atoms with Crippen LogP contribution in [0.1, 0.15) is 20.3 Å². The second kappa shape index (κ2) is 7.71. The van der Waals surface area contributed by atoms with E-state index < -0.39 is 27.9 Å². The van der Waals surface area contributed by atoms with Crippen LogP contribution in [-0.4, -0.2) is 67.8 Å². The van der Waals surface area contributed by atoms with Gasteiger partial charge in [-0.05, 0) is 5.92 Å². The molecule has 1 aliphatic heterocycles. The molecule has 0 radical (unpaired) electrons. The Hall–Kier alpha value is -1.19. The van der Waals surface area contributed by atoms with Crippen LogP contribution in [-0.2, 0) is 24.3 Å². The van der Waals surface area contributed by atoms with E-state index in [0.717, 1.165) is 0 Å². The van der Waals surface area contributed by atoms with Crippen molar-refractivity contribution in [2.75, 3.05) is 32.1 Å². The summed E-state index contributed by atoms with van der Waals surface area (Å²) < 4.78 is 30.4. The molecule has 1 aliphatic rings. The van der Waals surface area contributed by atoms with E-state index in [1.54, 1.807) is 13.8 Å². The Balaban J connectivity index is 2.49. The van der Waals surface area contributed by atoms with E-state index >= 15 is 0 Å². The van der Waals surface area contributed by atoms with E-state index in [-0.39, 0.29) is 31.2 Å². The normalized spacial score (nSPS) is 18.4. The largest absolute Gasteiger partial charge is 0.480 e. The molecule has 1 fully saturated rings. The summed E-state index contributed by atoms with van der Waals surface area (Å²) in [5.41, 5.74) is 0. The first-order valence-electron chi connectivity index (χ1n) is 6.82. The van der Waals surface area contributed by atoms with E-state index in [4.69, 9.17) is 9.84 Å². The van der Waals surface area contributed by atoms with Gasteiger partial charge in [0.25, 0.3) is 0 Å². The van der Waals surface area contributed by atoms with Gasteiger partial charge < -0.3 is 15.2 Å². The van der Waals surface area contributed by atoms with Gasteiger partial charge in [-0.25, -0.2) is 13.2 Å². The van der Waals surface area contributed by atoms with Crippen molar-refractivity contribution >= 4 is 21.9 Å². The molecule has 1 heterocycles. The van der Waals surface area contributed by atoms with Crippen molar-refractivity contribution in [1.29, 1.82) is 0 Å². The summed E-state index contributed by atoms with van der Waals surface area (Å²) in [5, 5.41) is 11.3. The predicted molar refractivity (Wildman–Crippen MR) is 75.2 cm³/mol. The Kier molecular flexibility index (Phi) is 6.56. The number of nitrogens with one attached hydrogen (secondary N) is 1. The van der Waals surface area contributed by atoms with Crippen molar-refractivity contribution in [3.63, 3.8) is 0 Å². The number of ether oxygens (including phenoxy) is 1. The molecule has 9 heteroatoms. The van der Waals surface area contributed by atoms with Crippen molar-refractivity contribution in [3.05, 3.63) is 0 Å². The van der Waals surface area contributed by atoms with Gasteiger partial charge in [0.05, 0.1) is 19.0 Å². The van der Waals surface area contributed by atoms with E-state index in [1.165, 1.54) is 4.31 Å². The van der Waals surface area contributed by atoms with Crippen LogP contribution in [0.2, 0.25) is 0 Å². The highest BCUT2D eigenvalue weighted by atomic mass is 32.2. The van der Waals surface area contributed by atoms with Gasteiger partial charge in [-0.1, -0.05) is 13.8 Å². The average Bonchev–Trinajstić information content (AvgIpc) is 2.43. The summed E-state index contributed by atoms with van der Waals surface area (Å²) in [6.45, 7) is 4.61. The van der Waals surface area contributed by atoms with Crippen molar-refractivity contribution in [3.8, 4) is 0 Å². The molecule has 0 unspecified atom stereocenters. The van der Waals surface area contributed by atoms with Crippen LogP contribution in [0.3, 0.4) is 0 Å². The molecule has 21 heavy (non-hydrogen) atoms. The maximum Gasteiger partial charge on any atom is 0.326 e. The zero-order valence-electron chi connectivity index (χ0n) is 12.2. The maximum atomic E-state index is 12.0. The number of carboxylic acids is 1. The molecule has 1 atom stereocenters. The van der Waals surface area contributed by atoms with Crippen molar-refractivity contribution < 1.29 is 27.9 Å². The zero-order valence-corrected chi connectivity index (χ0v) is 13.1. The molecule has 1 amide bonds. The van der Waals surface area contributed by atoms with Gasteiger partial charge in [0.15, 0.2) is 0 Å². The van der Waals surface area contributed by atoms with Gasteiger partial charge in [-0.15, -0.1) is 0 Å². The summed E-state index contributed by atoms with van der Waals surface area (Å²) in [6, 6.07) is -1.01. The minimum atomic E-state index is -3.51. The second-order valence-corrected chi connectivity index (χ2v) is 7.29. The lowest BCUT2D eigenvalue weighted by atomic mass is 10.0. The van der Waals surface area contributed by atoms with E-state index in [9.17, 15) is 18.0 Å². The number of aliphatic carboxylic acids is 1. The molecule has 1 saturated heterocycles. The first-order chi connectivity index (χ1) is 9.74. The van der Waals surface area contributed by atoms with Crippen LogP contribution in [0.15, 0.2) is 0 Å². The molecule has 0 aromatic carbocycles. The Labute approximate surface area is 124 Å². The number of sulfonamides is 1. The third-order valence-electron chi connectivity index (χ3n) is 3.20. The number of carbonyl (C=O) groups excluding carboxylic acids is 1. The maximum absolute atomic E-state index is 12.0. The Morgan fingerprint density at radius 3 is 2.33 bits per heavy atom. The summed E-state index contributed by atoms with van der Waals surface area (Å²) in [5.74, 6) is -2.31. The molecule has 0 aliphatic carbocycles. The fourth-order valence-corrected chi connectivity index (χ4v) is 3.34. The van der Waals surface area contributed by atoms with Crippen LogP contribution < -0.4 is 5.32 Å². The van der Waals surface area contributed by atoms with Gasteiger partial charge in [-0.2, -0.15) is 4.31 Å². The van der Waals surface area contributed by atoms with Crippen LogP contribution in [0.5, 0.6) is 0 Å². The lowest BCUT2D eigenvalue weighted by Gasteiger charge is -2.26. The highest BCUT2D eigenvalue weighted by molar-refractivity contribution is 7.89. The molecule has 2 N–H and O–H groups in total. The number of nitrogens with zero attached hydrogens (tertiary/aromatic N) is 1. The minimum absolute atomic E-state index is 0.254. The summed E-state index contributed by atoms with van der Waals surface area (Å²) >= 11 is 0. The highest BCUT2D eigenvalue weighted by Crippen LogP contribution is 2.08. The molecular weight excluding hydrogens is 300 g/mol. The Morgan fingerprint density at radius 2 is 1.86 bits per heavy atom. The summed E-state index contributed by atoms with van der Waals surface area (Å²) in [6.07, 6.45) is -0.254. The first kappa shape index (κ1) is 17.9. The Morgan fingerprint density at radius 1 is 1.29 bits per heavy atom. The highest BCUT2D eigenvalue weighted by Gasteiger charge is 2.27. The van der Waals surface area contributed by atoms with E-state index in [1.807, 2.05) is 0 Å². The molecule has 0 aromatic rings. The van der Waals surface area contributed by atoms with E-state index in [0.29, 0.717) is 13.2 Å². The molecular formula is C12H22N2O6S. The average molecular weight is 322 g/mol. The van der Waals surface area contributed by atoms with Gasteiger partial charge in [0.2, 0.25) is 15.9 Å². The number of hydrogen-bond acceptors (Lipinski definition) is 5. The number of hydrogen-bond donors (Lipinski definition) is 2. The monoisotopic (exact) mass is 322 g/mol. The van der Waals surface area contributed by atoms with E-state index in [2.05, 4.69) is 5.32 Å². The zero-order chi connectivity index (χ0) is 16.0. The molecule has 8 nitrogen and oxygen atoms in total. The molecule has 0 aromatic heterocycles. The van der Waals surface area contributed by atoms with Crippen molar-refractivity contribution in [2.45, 2.75) is 26.3 Å². The number of carboxylic acid groups (broad SMARTS) is 1. The molecule has 122 valence electrons. The fraction of sp³-hybridized carbons (Fsp3) is 0.833. The summed E-state index contributed by atoms with van der Waals surface area (Å²) in [7, 11) is -3.51. The predicted octanol–water partition coefficient (Wildman–Crippen LogP) is -0.736. The first-order valence-corrected chi connectivity index (χ1v) is 8.42. The smallest absolute Gasteiger partial charge is 0.326 e. The summed E-state index contributed by atoms with van der Waals surface area (Å²) in [4.78, 5) is 22.7.